The lowest BCUT2D eigenvalue weighted by Crippen LogP contribution is -2.40. The van der Waals surface area contributed by atoms with Crippen LogP contribution in [0.3, 0.4) is 0 Å². The molecule has 2 aromatic rings. The van der Waals surface area contributed by atoms with E-state index in [1.54, 1.807) is 6.20 Å². The Morgan fingerprint density at radius 1 is 1.32 bits per heavy atom. The van der Waals surface area contributed by atoms with E-state index in [1.807, 2.05) is 42.3 Å². The molecule has 1 aliphatic heterocycles. The van der Waals surface area contributed by atoms with Gasteiger partial charge in [0.25, 0.3) is 5.91 Å². The van der Waals surface area contributed by atoms with E-state index in [0.29, 0.717) is 0 Å². The normalized spacial score (nSPS) is 17.4. The molecule has 4 nitrogen and oxygen atoms in total. The number of amides is 1. The summed E-state index contributed by atoms with van der Waals surface area (Å²) in [6.45, 7) is 4.59. The number of aromatic nitrogens is 1. The second-order valence-electron chi connectivity index (χ2n) is 6.50. The topological polar surface area (TPSA) is 42.4 Å². The number of carbonyl (C=O) groups is 1. The van der Waals surface area contributed by atoms with Gasteiger partial charge in [-0.05, 0) is 42.5 Å². The molecule has 116 valence electrons. The fourth-order valence-corrected chi connectivity index (χ4v) is 3.10. The van der Waals surface area contributed by atoms with Crippen LogP contribution in [0.4, 0.5) is 0 Å². The van der Waals surface area contributed by atoms with E-state index in [9.17, 15) is 4.79 Å². The molecule has 0 saturated carbocycles. The third-order valence-electron chi connectivity index (χ3n) is 4.52. The van der Waals surface area contributed by atoms with Gasteiger partial charge >= 0.3 is 0 Å². The zero-order valence-corrected chi connectivity index (χ0v) is 13.2. The summed E-state index contributed by atoms with van der Waals surface area (Å²) in [5.41, 5.74) is 1.79. The number of carbonyl (C=O) groups excluding carboxylic acids is 1. The van der Waals surface area contributed by atoms with Crippen molar-refractivity contribution in [2.45, 2.75) is 19.8 Å². The summed E-state index contributed by atoms with van der Waals surface area (Å²) in [7, 11) is 1.89. The van der Waals surface area contributed by atoms with Crippen molar-refractivity contribution in [2.75, 3.05) is 26.8 Å². The maximum absolute atomic E-state index is 12.7. The molecule has 1 amide bonds. The van der Waals surface area contributed by atoms with Gasteiger partial charge in [-0.3, -0.25) is 9.78 Å². The number of ether oxygens (including phenoxy) is 1. The highest BCUT2D eigenvalue weighted by Crippen LogP contribution is 2.30. The molecule has 3 rings (SSSR count). The second kappa shape index (κ2) is 6.05. The highest BCUT2D eigenvalue weighted by molar-refractivity contribution is 5.97. The molecule has 1 fully saturated rings. The Labute approximate surface area is 131 Å². The number of hydrogen-bond acceptors (Lipinski definition) is 3. The summed E-state index contributed by atoms with van der Waals surface area (Å²) in [5, 5.41) is 0.999. The molecule has 2 heterocycles. The van der Waals surface area contributed by atoms with Gasteiger partial charge in [0.2, 0.25) is 0 Å². The van der Waals surface area contributed by atoms with Crippen LogP contribution >= 0.6 is 0 Å². The van der Waals surface area contributed by atoms with E-state index in [2.05, 4.69) is 11.9 Å². The van der Waals surface area contributed by atoms with Gasteiger partial charge in [-0.25, -0.2) is 0 Å². The van der Waals surface area contributed by atoms with E-state index in [1.165, 1.54) is 0 Å². The maximum Gasteiger partial charge on any atom is 0.253 e. The fraction of sp³-hybridized carbons (Fsp3) is 0.444. The van der Waals surface area contributed by atoms with Crippen molar-refractivity contribution in [1.82, 2.24) is 9.88 Å². The lowest BCUT2D eigenvalue weighted by Gasteiger charge is -2.36. The SMILES string of the molecule is CN(CC1(C)CCOCC1)C(=O)c1ccc2ncccc2c1. The molecule has 1 aromatic heterocycles. The minimum Gasteiger partial charge on any atom is -0.381 e. The van der Waals surface area contributed by atoms with E-state index < -0.39 is 0 Å². The number of fused-ring (bicyclic) bond motifs is 1. The smallest absolute Gasteiger partial charge is 0.253 e. The molecule has 1 aromatic carbocycles. The van der Waals surface area contributed by atoms with E-state index >= 15 is 0 Å². The van der Waals surface area contributed by atoms with Crippen molar-refractivity contribution in [3.05, 3.63) is 42.1 Å². The van der Waals surface area contributed by atoms with E-state index in [0.717, 1.165) is 49.1 Å². The highest BCUT2D eigenvalue weighted by Gasteiger charge is 2.30. The molecule has 0 atom stereocenters. The van der Waals surface area contributed by atoms with Crippen LogP contribution in [-0.4, -0.2) is 42.6 Å². The van der Waals surface area contributed by atoms with Gasteiger partial charge < -0.3 is 9.64 Å². The quantitative estimate of drug-likeness (QED) is 0.874. The van der Waals surface area contributed by atoms with E-state index in [-0.39, 0.29) is 11.3 Å². The summed E-state index contributed by atoms with van der Waals surface area (Å²) in [5.74, 6) is 0.0680. The molecule has 0 aliphatic carbocycles. The van der Waals surface area contributed by atoms with E-state index in [4.69, 9.17) is 4.74 Å². The summed E-state index contributed by atoms with van der Waals surface area (Å²) >= 11 is 0. The minimum atomic E-state index is 0.0680. The van der Waals surface area contributed by atoms with Crippen LogP contribution in [0.15, 0.2) is 36.5 Å². The van der Waals surface area contributed by atoms with Gasteiger partial charge in [-0.15, -0.1) is 0 Å². The van der Waals surface area contributed by atoms with Crippen molar-refractivity contribution in [3.8, 4) is 0 Å². The molecule has 0 unspecified atom stereocenters. The van der Waals surface area contributed by atoms with Gasteiger partial charge in [0.1, 0.15) is 0 Å². The summed E-state index contributed by atoms with van der Waals surface area (Å²) < 4.78 is 5.43. The molecular weight excluding hydrogens is 276 g/mol. The first-order valence-corrected chi connectivity index (χ1v) is 7.75. The van der Waals surface area contributed by atoms with Crippen molar-refractivity contribution >= 4 is 16.8 Å². The first-order chi connectivity index (χ1) is 10.6. The molecule has 0 bridgehead atoms. The van der Waals surface area contributed by atoms with Crippen molar-refractivity contribution < 1.29 is 9.53 Å². The van der Waals surface area contributed by atoms with Crippen LogP contribution in [0.25, 0.3) is 10.9 Å². The van der Waals surface area contributed by atoms with Crippen LogP contribution in [0.2, 0.25) is 0 Å². The first-order valence-electron chi connectivity index (χ1n) is 7.75. The zero-order valence-electron chi connectivity index (χ0n) is 13.2. The average molecular weight is 298 g/mol. The standard InChI is InChI=1S/C18H22N2O2/c1-18(7-10-22-11-8-18)13-20(2)17(21)15-5-6-16-14(12-15)4-3-9-19-16/h3-6,9,12H,7-8,10-11,13H2,1-2H3. The minimum absolute atomic E-state index is 0.0680. The summed E-state index contributed by atoms with van der Waals surface area (Å²) in [4.78, 5) is 18.8. The Hall–Kier alpha value is -1.94. The van der Waals surface area contributed by atoms with Crippen LogP contribution in [0, 0.1) is 5.41 Å². The van der Waals surface area contributed by atoms with Crippen LogP contribution in [-0.2, 0) is 4.74 Å². The Kier molecular flexibility index (Phi) is 4.12. The largest absolute Gasteiger partial charge is 0.381 e. The summed E-state index contributed by atoms with van der Waals surface area (Å²) in [6.07, 6.45) is 3.78. The molecular formula is C18H22N2O2. The molecule has 22 heavy (non-hydrogen) atoms. The van der Waals surface area contributed by atoms with Gasteiger partial charge in [0.15, 0.2) is 0 Å². The number of pyridine rings is 1. The zero-order chi connectivity index (χ0) is 15.6. The number of nitrogens with zero attached hydrogens (tertiary/aromatic N) is 2. The van der Waals surface area contributed by atoms with Gasteiger partial charge in [-0.1, -0.05) is 13.0 Å². The van der Waals surface area contributed by atoms with Gasteiger partial charge in [-0.2, -0.15) is 0 Å². The third kappa shape index (κ3) is 3.12. The summed E-state index contributed by atoms with van der Waals surface area (Å²) in [6, 6.07) is 9.57. The molecule has 4 heteroatoms. The van der Waals surface area contributed by atoms with Crippen molar-refractivity contribution in [1.29, 1.82) is 0 Å². The predicted octanol–water partition coefficient (Wildman–Crippen LogP) is 3.12. The number of benzene rings is 1. The lowest BCUT2D eigenvalue weighted by molar-refractivity contribution is 0.00917. The van der Waals surface area contributed by atoms with Crippen LogP contribution < -0.4 is 0 Å². The highest BCUT2D eigenvalue weighted by atomic mass is 16.5. The Morgan fingerprint density at radius 3 is 2.86 bits per heavy atom. The Morgan fingerprint density at radius 2 is 2.09 bits per heavy atom. The first kappa shape index (κ1) is 15.0. The fourth-order valence-electron chi connectivity index (χ4n) is 3.10. The van der Waals surface area contributed by atoms with Gasteiger partial charge in [0, 0.05) is 44.0 Å². The molecule has 0 radical (unpaired) electrons. The number of rotatable bonds is 3. The van der Waals surface area contributed by atoms with Gasteiger partial charge in [0.05, 0.1) is 5.52 Å². The molecule has 1 saturated heterocycles. The molecule has 1 aliphatic rings. The average Bonchev–Trinajstić information content (AvgIpc) is 2.54. The second-order valence-corrected chi connectivity index (χ2v) is 6.50. The Balaban J connectivity index is 1.76. The third-order valence-corrected chi connectivity index (χ3v) is 4.52. The predicted molar refractivity (Wildman–Crippen MR) is 86.9 cm³/mol. The maximum atomic E-state index is 12.7. The Bertz CT molecular complexity index is 678. The van der Waals surface area contributed by atoms with Crippen LogP contribution in [0.5, 0.6) is 0 Å². The van der Waals surface area contributed by atoms with Crippen molar-refractivity contribution in [2.24, 2.45) is 5.41 Å². The lowest BCUT2D eigenvalue weighted by atomic mass is 9.82. The molecule has 0 N–H and O–H groups in total. The number of hydrogen-bond donors (Lipinski definition) is 0. The monoisotopic (exact) mass is 298 g/mol. The van der Waals surface area contributed by atoms with Crippen LogP contribution in [0.1, 0.15) is 30.1 Å². The van der Waals surface area contributed by atoms with Crippen molar-refractivity contribution in [3.63, 3.8) is 0 Å². The molecule has 0 spiro atoms.